The molecule has 1 atom stereocenters. The van der Waals surface area contributed by atoms with E-state index in [1.54, 1.807) is 6.92 Å². The van der Waals surface area contributed by atoms with Gasteiger partial charge in [0.1, 0.15) is 19.0 Å². The number of Topliss-reactive ketones (excluding diaryl/α,β-unsaturated/α-hetero) is 1. The molecular weight excluding hydrogens is 350 g/mol. The highest BCUT2D eigenvalue weighted by atomic mass is 16.6. The predicted octanol–water partition coefficient (Wildman–Crippen LogP) is 4.61. The van der Waals surface area contributed by atoms with Gasteiger partial charge in [-0.3, -0.25) is 0 Å². The molecule has 1 unspecified atom stereocenters. The van der Waals surface area contributed by atoms with Gasteiger partial charge in [-0.1, -0.05) is 31.2 Å². The SMILES string of the molecule is CC(=O)CC(C)CCc1ccc(C2CN(c3ccc4c(c3)OCCO4)C2)cc1. The second-order valence-corrected chi connectivity index (χ2v) is 8.22. The van der Waals surface area contributed by atoms with E-state index in [4.69, 9.17) is 9.47 Å². The van der Waals surface area contributed by atoms with E-state index < -0.39 is 0 Å². The first kappa shape index (κ1) is 18.9. The van der Waals surface area contributed by atoms with Crippen LogP contribution in [-0.4, -0.2) is 32.1 Å². The highest BCUT2D eigenvalue weighted by Crippen LogP contribution is 2.38. The van der Waals surface area contributed by atoms with Gasteiger partial charge in [0.05, 0.1) is 0 Å². The monoisotopic (exact) mass is 379 g/mol. The Morgan fingerprint density at radius 2 is 1.79 bits per heavy atom. The number of nitrogens with zero attached hydrogens (tertiary/aromatic N) is 1. The lowest BCUT2D eigenvalue weighted by molar-refractivity contribution is -0.117. The first-order valence-electron chi connectivity index (χ1n) is 10.3. The zero-order chi connectivity index (χ0) is 19.5. The van der Waals surface area contributed by atoms with Crippen molar-refractivity contribution >= 4 is 11.5 Å². The number of hydrogen-bond acceptors (Lipinski definition) is 4. The van der Waals surface area contributed by atoms with Gasteiger partial charge in [0.2, 0.25) is 0 Å². The maximum absolute atomic E-state index is 11.2. The summed E-state index contributed by atoms with van der Waals surface area (Å²) in [5.41, 5.74) is 3.98. The summed E-state index contributed by atoms with van der Waals surface area (Å²) in [7, 11) is 0. The highest BCUT2D eigenvalue weighted by molar-refractivity contribution is 5.75. The van der Waals surface area contributed by atoms with Crippen LogP contribution < -0.4 is 14.4 Å². The molecule has 148 valence electrons. The Labute approximate surface area is 167 Å². The molecule has 0 amide bonds. The lowest BCUT2D eigenvalue weighted by Crippen LogP contribution is -2.45. The average molecular weight is 380 g/mol. The van der Waals surface area contributed by atoms with Gasteiger partial charge in [0.25, 0.3) is 0 Å². The zero-order valence-corrected chi connectivity index (χ0v) is 16.8. The number of ketones is 1. The molecule has 1 saturated heterocycles. The third-order valence-corrected chi connectivity index (χ3v) is 5.79. The van der Waals surface area contributed by atoms with Crippen LogP contribution in [0.15, 0.2) is 42.5 Å². The highest BCUT2D eigenvalue weighted by Gasteiger charge is 2.29. The van der Waals surface area contributed by atoms with E-state index in [-0.39, 0.29) is 5.78 Å². The molecule has 4 rings (SSSR count). The van der Waals surface area contributed by atoms with Crippen molar-refractivity contribution in [2.45, 2.75) is 39.0 Å². The van der Waals surface area contributed by atoms with E-state index >= 15 is 0 Å². The number of anilines is 1. The van der Waals surface area contributed by atoms with Crippen molar-refractivity contribution in [3.8, 4) is 11.5 Å². The quantitative estimate of drug-likeness (QED) is 0.704. The molecule has 4 heteroatoms. The summed E-state index contributed by atoms with van der Waals surface area (Å²) in [5, 5.41) is 0. The fourth-order valence-corrected chi connectivity index (χ4v) is 4.09. The van der Waals surface area contributed by atoms with Crippen molar-refractivity contribution in [3.63, 3.8) is 0 Å². The van der Waals surface area contributed by atoms with Crippen LogP contribution in [0.2, 0.25) is 0 Å². The van der Waals surface area contributed by atoms with Crippen LogP contribution in [-0.2, 0) is 11.2 Å². The van der Waals surface area contributed by atoms with Gasteiger partial charge < -0.3 is 19.2 Å². The number of carbonyl (C=O) groups is 1. The van der Waals surface area contributed by atoms with Crippen molar-refractivity contribution < 1.29 is 14.3 Å². The van der Waals surface area contributed by atoms with E-state index in [0.717, 1.165) is 37.4 Å². The lowest BCUT2D eigenvalue weighted by Gasteiger charge is -2.41. The summed E-state index contributed by atoms with van der Waals surface area (Å²) in [5.74, 6) is 3.04. The maximum Gasteiger partial charge on any atom is 0.163 e. The Hall–Kier alpha value is -2.49. The van der Waals surface area contributed by atoms with Gasteiger partial charge in [0, 0.05) is 37.2 Å². The molecule has 0 N–H and O–H groups in total. The molecule has 28 heavy (non-hydrogen) atoms. The van der Waals surface area contributed by atoms with Crippen molar-refractivity contribution in [2.75, 3.05) is 31.2 Å². The molecule has 0 spiro atoms. The van der Waals surface area contributed by atoms with Crippen molar-refractivity contribution in [2.24, 2.45) is 5.92 Å². The second kappa shape index (κ2) is 8.26. The summed E-state index contributed by atoms with van der Waals surface area (Å²) in [6.45, 7) is 7.17. The van der Waals surface area contributed by atoms with Crippen molar-refractivity contribution in [1.82, 2.24) is 0 Å². The molecule has 0 aliphatic carbocycles. The molecule has 0 bridgehead atoms. The Morgan fingerprint density at radius 3 is 2.50 bits per heavy atom. The first-order valence-corrected chi connectivity index (χ1v) is 10.3. The van der Waals surface area contributed by atoms with Crippen LogP contribution in [0, 0.1) is 5.92 Å². The third-order valence-electron chi connectivity index (χ3n) is 5.79. The molecule has 2 aliphatic rings. The normalized spacial score (nSPS) is 17.1. The molecule has 0 radical (unpaired) electrons. The molecule has 2 aliphatic heterocycles. The summed E-state index contributed by atoms with van der Waals surface area (Å²) in [4.78, 5) is 13.6. The zero-order valence-electron chi connectivity index (χ0n) is 16.8. The fraction of sp³-hybridized carbons (Fsp3) is 0.458. The molecule has 2 heterocycles. The fourth-order valence-electron chi connectivity index (χ4n) is 4.09. The number of ether oxygens (including phenoxy) is 2. The summed E-state index contributed by atoms with van der Waals surface area (Å²) >= 11 is 0. The number of aryl methyl sites for hydroxylation is 1. The lowest BCUT2D eigenvalue weighted by atomic mass is 9.89. The minimum Gasteiger partial charge on any atom is -0.486 e. The van der Waals surface area contributed by atoms with Crippen LogP contribution in [0.5, 0.6) is 11.5 Å². The van der Waals surface area contributed by atoms with Gasteiger partial charge in [-0.25, -0.2) is 0 Å². The number of hydrogen-bond donors (Lipinski definition) is 0. The topological polar surface area (TPSA) is 38.8 Å². The Kier molecular flexibility index (Phi) is 5.56. The smallest absolute Gasteiger partial charge is 0.163 e. The summed E-state index contributed by atoms with van der Waals surface area (Å²) < 4.78 is 11.3. The second-order valence-electron chi connectivity index (χ2n) is 8.22. The number of rotatable bonds is 7. The van der Waals surface area contributed by atoms with Crippen LogP contribution in [0.1, 0.15) is 43.7 Å². The molecule has 0 saturated carbocycles. The van der Waals surface area contributed by atoms with E-state index in [2.05, 4.69) is 48.2 Å². The van der Waals surface area contributed by atoms with Crippen LogP contribution in [0.4, 0.5) is 5.69 Å². The van der Waals surface area contributed by atoms with Gasteiger partial charge >= 0.3 is 0 Å². The molecule has 0 aromatic heterocycles. The Bertz CT molecular complexity index is 824. The van der Waals surface area contributed by atoms with Gasteiger partial charge in [0.15, 0.2) is 11.5 Å². The Balaban J connectivity index is 1.29. The van der Waals surface area contributed by atoms with Crippen LogP contribution in [0.25, 0.3) is 0 Å². The standard InChI is InChI=1S/C24H29NO3/c1-17(13-18(2)26)3-4-19-5-7-20(8-6-19)21-15-25(16-21)22-9-10-23-24(14-22)28-12-11-27-23/h5-10,14,17,21H,3-4,11-13,15-16H2,1-2H3. The van der Waals surface area contributed by atoms with E-state index in [1.807, 2.05) is 6.07 Å². The van der Waals surface area contributed by atoms with Gasteiger partial charge in [-0.05, 0) is 48.9 Å². The van der Waals surface area contributed by atoms with Crippen LogP contribution >= 0.6 is 0 Å². The van der Waals surface area contributed by atoms with Crippen molar-refractivity contribution in [1.29, 1.82) is 0 Å². The molecular formula is C24H29NO3. The largest absolute Gasteiger partial charge is 0.486 e. The number of benzene rings is 2. The Morgan fingerprint density at radius 1 is 1.07 bits per heavy atom. The van der Waals surface area contributed by atoms with E-state index in [0.29, 0.717) is 31.5 Å². The molecule has 2 aromatic carbocycles. The molecule has 4 nitrogen and oxygen atoms in total. The molecule has 1 fully saturated rings. The summed E-state index contributed by atoms with van der Waals surface area (Å²) in [6, 6.07) is 15.3. The summed E-state index contributed by atoms with van der Waals surface area (Å²) in [6.07, 6.45) is 2.80. The molecule has 2 aromatic rings. The van der Waals surface area contributed by atoms with Gasteiger partial charge in [-0.2, -0.15) is 0 Å². The first-order chi connectivity index (χ1) is 13.6. The van der Waals surface area contributed by atoms with Crippen molar-refractivity contribution in [3.05, 3.63) is 53.6 Å². The third kappa shape index (κ3) is 4.32. The number of carbonyl (C=O) groups excluding carboxylic acids is 1. The van der Waals surface area contributed by atoms with E-state index in [1.165, 1.54) is 16.8 Å². The maximum atomic E-state index is 11.2. The predicted molar refractivity (Wildman–Crippen MR) is 112 cm³/mol. The minimum absolute atomic E-state index is 0.287. The minimum atomic E-state index is 0.287. The van der Waals surface area contributed by atoms with E-state index in [9.17, 15) is 4.79 Å². The van der Waals surface area contributed by atoms with Gasteiger partial charge in [-0.15, -0.1) is 0 Å². The average Bonchev–Trinajstić information content (AvgIpc) is 2.65. The number of fused-ring (bicyclic) bond motifs is 1. The van der Waals surface area contributed by atoms with Crippen LogP contribution in [0.3, 0.4) is 0 Å².